The van der Waals surface area contributed by atoms with Crippen molar-refractivity contribution < 1.29 is 9.53 Å². The van der Waals surface area contributed by atoms with E-state index in [1.54, 1.807) is 0 Å². The van der Waals surface area contributed by atoms with Crippen LogP contribution in [0.1, 0.15) is 18.1 Å². The van der Waals surface area contributed by atoms with Crippen LogP contribution >= 0.6 is 15.9 Å². The van der Waals surface area contributed by atoms with Crippen LogP contribution in [-0.4, -0.2) is 31.7 Å². The molecule has 0 aromatic heterocycles. The monoisotopic (exact) mass is 326 g/mol. The van der Waals surface area contributed by atoms with Gasteiger partial charge in [0.15, 0.2) is 0 Å². The normalized spacial score (nSPS) is 19.2. The lowest BCUT2D eigenvalue weighted by molar-refractivity contribution is -0.114. The van der Waals surface area contributed by atoms with E-state index in [2.05, 4.69) is 32.6 Å². The number of benzene rings is 1. The van der Waals surface area contributed by atoms with Crippen molar-refractivity contribution in [1.82, 2.24) is 5.32 Å². The lowest BCUT2D eigenvalue weighted by atomic mass is 10.0. The van der Waals surface area contributed by atoms with E-state index in [0.717, 1.165) is 40.9 Å². The molecule has 104 valence electrons. The van der Waals surface area contributed by atoms with Crippen LogP contribution in [0.3, 0.4) is 0 Å². The Labute approximate surface area is 122 Å². The van der Waals surface area contributed by atoms with Crippen LogP contribution in [0.4, 0.5) is 5.69 Å². The van der Waals surface area contributed by atoms with Crippen LogP contribution in [0, 0.1) is 6.92 Å². The predicted molar refractivity (Wildman–Crippen MR) is 79.5 cm³/mol. The molecule has 2 rings (SSSR count). The molecular weight excluding hydrogens is 308 g/mol. The summed E-state index contributed by atoms with van der Waals surface area (Å²) in [7, 11) is 0. The maximum absolute atomic E-state index is 11.3. The second-order valence-corrected chi connectivity index (χ2v) is 5.78. The Kier molecular flexibility index (Phi) is 4.96. The van der Waals surface area contributed by atoms with Gasteiger partial charge in [0, 0.05) is 29.7 Å². The predicted octanol–water partition coefficient (Wildman–Crippen LogP) is 2.25. The van der Waals surface area contributed by atoms with E-state index in [1.807, 2.05) is 13.0 Å². The molecule has 4 nitrogen and oxygen atoms in total. The topological polar surface area (TPSA) is 50.4 Å². The Balaban J connectivity index is 2.23. The molecule has 0 bridgehead atoms. The van der Waals surface area contributed by atoms with Gasteiger partial charge >= 0.3 is 0 Å². The first kappa shape index (κ1) is 14.5. The van der Waals surface area contributed by atoms with Gasteiger partial charge in [0.05, 0.1) is 13.2 Å². The summed E-state index contributed by atoms with van der Waals surface area (Å²) in [5.74, 6) is -0.0421. The van der Waals surface area contributed by atoms with E-state index in [4.69, 9.17) is 4.74 Å². The van der Waals surface area contributed by atoms with Gasteiger partial charge in [-0.1, -0.05) is 15.9 Å². The van der Waals surface area contributed by atoms with Crippen LogP contribution in [-0.2, 0) is 16.0 Å². The van der Waals surface area contributed by atoms with Crippen LogP contribution < -0.4 is 10.6 Å². The van der Waals surface area contributed by atoms with Gasteiger partial charge in [-0.05, 0) is 36.6 Å². The fourth-order valence-electron chi connectivity index (χ4n) is 2.34. The first-order valence-corrected chi connectivity index (χ1v) is 7.23. The van der Waals surface area contributed by atoms with E-state index < -0.39 is 0 Å². The van der Waals surface area contributed by atoms with Crippen molar-refractivity contribution in [3.63, 3.8) is 0 Å². The third-order valence-corrected chi connectivity index (χ3v) is 3.61. The minimum Gasteiger partial charge on any atom is -0.379 e. The molecule has 1 aliphatic rings. The fourth-order valence-corrected chi connectivity index (χ4v) is 2.96. The van der Waals surface area contributed by atoms with Crippen molar-refractivity contribution in [2.75, 3.05) is 25.1 Å². The van der Waals surface area contributed by atoms with Gasteiger partial charge in [-0.25, -0.2) is 0 Å². The zero-order valence-electron chi connectivity index (χ0n) is 11.3. The molecule has 1 unspecified atom stereocenters. The molecule has 1 heterocycles. The van der Waals surface area contributed by atoms with Gasteiger partial charge in [0.25, 0.3) is 0 Å². The molecule has 19 heavy (non-hydrogen) atoms. The minimum atomic E-state index is -0.0421. The average molecular weight is 327 g/mol. The highest BCUT2D eigenvalue weighted by Gasteiger charge is 2.17. The molecule has 1 amide bonds. The van der Waals surface area contributed by atoms with Crippen molar-refractivity contribution in [3.05, 3.63) is 27.7 Å². The summed E-state index contributed by atoms with van der Waals surface area (Å²) >= 11 is 3.51. The number of hydrogen-bond acceptors (Lipinski definition) is 3. The zero-order chi connectivity index (χ0) is 13.8. The number of carbonyl (C=O) groups excluding carboxylic acids is 1. The molecule has 1 atom stereocenters. The summed E-state index contributed by atoms with van der Waals surface area (Å²) < 4.78 is 6.51. The van der Waals surface area contributed by atoms with Crippen LogP contribution in [0.2, 0.25) is 0 Å². The first-order chi connectivity index (χ1) is 9.06. The van der Waals surface area contributed by atoms with Crippen LogP contribution in [0.15, 0.2) is 16.6 Å². The summed E-state index contributed by atoms with van der Waals surface area (Å²) in [6.45, 7) is 5.91. The van der Waals surface area contributed by atoms with Crippen molar-refractivity contribution in [2.24, 2.45) is 0 Å². The molecule has 0 radical (unpaired) electrons. The van der Waals surface area contributed by atoms with Gasteiger partial charge in [-0.2, -0.15) is 0 Å². The highest BCUT2D eigenvalue weighted by molar-refractivity contribution is 9.10. The molecule has 1 aromatic rings. The van der Waals surface area contributed by atoms with Gasteiger partial charge < -0.3 is 15.4 Å². The highest BCUT2D eigenvalue weighted by atomic mass is 79.9. The Morgan fingerprint density at radius 1 is 1.58 bits per heavy atom. The van der Waals surface area contributed by atoms with Crippen LogP contribution in [0.25, 0.3) is 0 Å². The van der Waals surface area contributed by atoms with E-state index in [-0.39, 0.29) is 5.91 Å². The van der Waals surface area contributed by atoms with E-state index >= 15 is 0 Å². The molecule has 5 heteroatoms. The summed E-state index contributed by atoms with van der Waals surface area (Å²) in [5, 5.41) is 6.36. The van der Waals surface area contributed by atoms with E-state index in [1.165, 1.54) is 6.92 Å². The maximum atomic E-state index is 11.3. The number of nitrogens with one attached hydrogen (secondary N) is 2. The number of morpholine rings is 1. The Morgan fingerprint density at radius 2 is 2.37 bits per heavy atom. The van der Waals surface area contributed by atoms with Crippen molar-refractivity contribution in [3.8, 4) is 0 Å². The van der Waals surface area contributed by atoms with E-state index in [9.17, 15) is 4.79 Å². The van der Waals surface area contributed by atoms with Gasteiger partial charge in [0.1, 0.15) is 0 Å². The quantitative estimate of drug-likeness (QED) is 0.895. The third kappa shape index (κ3) is 4.03. The number of halogens is 1. The fraction of sp³-hybridized carbons (Fsp3) is 0.500. The zero-order valence-corrected chi connectivity index (χ0v) is 12.8. The lowest BCUT2D eigenvalue weighted by Gasteiger charge is -2.25. The minimum absolute atomic E-state index is 0.0421. The number of rotatable bonds is 3. The lowest BCUT2D eigenvalue weighted by Crippen LogP contribution is -2.42. The first-order valence-electron chi connectivity index (χ1n) is 6.44. The largest absolute Gasteiger partial charge is 0.379 e. The molecule has 0 saturated carbocycles. The average Bonchev–Trinajstić information content (AvgIpc) is 2.34. The Morgan fingerprint density at radius 3 is 3.00 bits per heavy atom. The summed E-state index contributed by atoms with van der Waals surface area (Å²) in [4.78, 5) is 11.3. The van der Waals surface area contributed by atoms with Crippen molar-refractivity contribution in [1.29, 1.82) is 0 Å². The van der Waals surface area contributed by atoms with Crippen LogP contribution in [0.5, 0.6) is 0 Å². The SMILES string of the molecule is CC(=O)Nc1c(C)cc(Br)cc1CC1COCCN1. The third-order valence-electron chi connectivity index (χ3n) is 3.15. The summed E-state index contributed by atoms with van der Waals surface area (Å²) in [6, 6.07) is 4.38. The number of aryl methyl sites for hydroxylation is 1. The molecule has 1 aliphatic heterocycles. The van der Waals surface area contributed by atoms with Gasteiger partial charge in [-0.15, -0.1) is 0 Å². The molecule has 1 fully saturated rings. The number of amides is 1. The molecule has 1 aromatic carbocycles. The molecule has 2 N–H and O–H groups in total. The van der Waals surface area contributed by atoms with Gasteiger partial charge in [-0.3, -0.25) is 4.79 Å². The molecule has 0 spiro atoms. The standard InChI is InChI=1S/C14H19BrN2O2/c1-9-5-12(15)6-11(14(9)17-10(2)18)7-13-8-19-4-3-16-13/h5-6,13,16H,3-4,7-8H2,1-2H3,(H,17,18). The molecule has 0 aliphatic carbocycles. The number of ether oxygens (including phenoxy) is 1. The number of anilines is 1. The Hall–Kier alpha value is -0.910. The second kappa shape index (κ2) is 6.50. The molecule has 1 saturated heterocycles. The maximum Gasteiger partial charge on any atom is 0.221 e. The molecular formula is C14H19BrN2O2. The number of carbonyl (C=O) groups is 1. The second-order valence-electron chi connectivity index (χ2n) is 4.87. The summed E-state index contributed by atoms with van der Waals surface area (Å²) in [6.07, 6.45) is 0.843. The van der Waals surface area contributed by atoms with Gasteiger partial charge in [0.2, 0.25) is 5.91 Å². The number of hydrogen-bond donors (Lipinski definition) is 2. The van der Waals surface area contributed by atoms with Crippen molar-refractivity contribution in [2.45, 2.75) is 26.3 Å². The van der Waals surface area contributed by atoms with Crippen molar-refractivity contribution >= 4 is 27.5 Å². The highest BCUT2D eigenvalue weighted by Crippen LogP contribution is 2.27. The van der Waals surface area contributed by atoms with E-state index in [0.29, 0.717) is 12.6 Å². The summed E-state index contributed by atoms with van der Waals surface area (Å²) in [5.41, 5.74) is 3.12. The Bertz CT molecular complexity index is 471. The smallest absolute Gasteiger partial charge is 0.221 e.